The summed E-state index contributed by atoms with van der Waals surface area (Å²) in [5, 5.41) is 10.9. The van der Waals surface area contributed by atoms with E-state index in [4.69, 9.17) is 11.6 Å². The van der Waals surface area contributed by atoms with Crippen molar-refractivity contribution in [3.8, 4) is 0 Å². The lowest BCUT2D eigenvalue weighted by Gasteiger charge is -2.03. The van der Waals surface area contributed by atoms with Crippen LogP contribution >= 0.6 is 23.4 Å². The van der Waals surface area contributed by atoms with Crippen molar-refractivity contribution >= 4 is 29.1 Å². The molecule has 0 aromatic heterocycles. The van der Waals surface area contributed by atoms with Crippen LogP contribution in [0.3, 0.4) is 0 Å². The Bertz CT molecular complexity index is 589. The monoisotopic (exact) mass is 283 g/mol. The molecule has 0 N–H and O–H groups in total. The Morgan fingerprint density at radius 3 is 2.39 bits per heavy atom. The molecule has 0 amide bonds. The molecule has 18 heavy (non-hydrogen) atoms. The van der Waals surface area contributed by atoms with E-state index in [1.807, 2.05) is 0 Å². The molecule has 0 unspecified atom stereocenters. The van der Waals surface area contributed by atoms with Crippen molar-refractivity contribution in [2.75, 3.05) is 0 Å². The largest absolute Gasteiger partial charge is 0.270 e. The van der Waals surface area contributed by atoms with Gasteiger partial charge in [-0.2, -0.15) is 0 Å². The first-order chi connectivity index (χ1) is 8.56. The van der Waals surface area contributed by atoms with E-state index in [-0.39, 0.29) is 11.5 Å². The molecule has 0 saturated heterocycles. The normalized spacial score (nSPS) is 10.3. The number of rotatable bonds is 3. The van der Waals surface area contributed by atoms with E-state index in [0.29, 0.717) is 9.92 Å². The van der Waals surface area contributed by atoms with Crippen molar-refractivity contribution in [3.63, 3.8) is 0 Å². The molecule has 0 aliphatic carbocycles. The highest BCUT2D eigenvalue weighted by Crippen LogP contribution is 2.35. The smallest absolute Gasteiger partial charge is 0.258 e. The number of nitrogens with zero attached hydrogens (tertiary/aromatic N) is 1. The minimum atomic E-state index is -0.502. The van der Waals surface area contributed by atoms with E-state index >= 15 is 0 Å². The average molecular weight is 284 g/mol. The predicted molar refractivity (Wildman–Crippen MR) is 68.6 cm³/mol. The van der Waals surface area contributed by atoms with Crippen molar-refractivity contribution in [1.29, 1.82) is 0 Å². The maximum absolute atomic E-state index is 12.7. The van der Waals surface area contributed by atoms with Crippen LogP contribution in [0, 0.1) is 15.9 Å². The molecule has 0 bridgehead atoms. The SMILES string of the molecule is O=[N+]([O-])c1ccc(Sc2ccc(F)cc2)c(Cl)c1. The molecule has 0 atom stereocenters. The van der Waals surface area contributed by atoms with Gasteiger partial charge < -0.3 is 0 Å². The van der Waals surface area contributed by atoms with Crippen LogP contribution in [0.25, 0.3) is 0 Å². The van der Waals surface area contributed by atoms with Gasteiger partial charge in [0, 0.05) is 21.9 Å². The summed E-state index contributed by atoms with van der Waals surface area (Å²) in [7, 11) is 0. The molecule has 0 spiro atoms. The van der Waals surface area contributed by atoms with Crippen LogP contribution in [0.2, 0.25) is 5.02 Å². The van der Waals surface area contributed by atoms with Crippen LogP contribution in [-0.4, -0.2) is 4.92 Å². The van der Waals surface area contributed by atoms with Crippen molar-refractivity contribution in [2.45, 2.75) is 9.79 Å². The van der Waals surface area contributed by atoms with Gasteiger partial charge in [-0.15, -0.1) is 0 Å². The van der Waals surface area contributed by atoms with Crippen LogP contribution in [0.1, 0.15) is 0 Å². The maximum Gasteiger partial charge on any atom is 0.270 e. The quantitative estimate of drug-likeness (QED) is 0.613. The molecule has 0 heterocycles. The van der Waals surface area contributed by atoms with Crippen LogP contribution in [0.5, 0.6) is 0 Å². The Hall–Kier alpha value is -1.59. The second-order valence-electron chi connectivity index (χ2n) is 3.43. The third-order valence-corrected chi connectivity index (χ3v) is 3.68. The molecule has 0 radical (unpaired) electrons. The number of benzene rings is 2. The van der Waals surface area contributed by atoms with Crippen LogP contribution in [-0.2, 0) is 0 Å². The van der Waals surface area contributed by atoms with Crippen LogP contribution in [0.15, 0.2) is 52.3 Å². The lowest BCUT2D eigenvalue weighted by Crippen LogP contribution is -1.87. The van der Waals surface area contributed by atoms with Crippen molar-refractivity contribution < 1.29 is 9.31 Å². The van der Waals surface area contributed by atoms with Gasteiger partial charge >= 0.3 is 0 Å². The fourth-order valence-electron chi connectivity index (χ4n) is 1.32. The molecule has 6 heteroatoms. The molecule has 0 fully saturated rings. The number of hydrogen-bond donors (Lipinski definition) is 0. The first kappa shape index (κ1) is 12.9. The molecule has 3 nitrogen and oxygen atoms in total. The second kappa shape index (κ2) is 5.37. The number of non-ortho nitro benzene ring substituents is 1. The molecule has 2 aromatic rings. The Morgan fingerprint density at radius 2 is 1.83 bits per heavy atom. The predicted octanol–water partition coefficient (Wildman–Crippen LogP) is 4.54. The van der Waals surface area contributed by atoms with E-state index in [2.05, 4.69) is 0 Å². The average Bonchev–Trinajstić information content (AvgIpc) is 2.34. The summed E-state index contributed by atoms with van der Waals surface area (Å²) < 4.78 is 12.7. The van der Waals surface area contributed by atoms with Crippen molar-refractivity contribution in [2.24, 2.45) is 0 Å². The zero-order valence-electron chi connectivity index (χ0n) is 8.97. The fourth-order valence-corrected chi connectivity index (χ4v) is 2.42. The molecule has 0 saturated carbocycles. The van der Waals surface area contributed by atoms with Gasteiger partial charge in [0.1, 0.15) is 5.82 Å². The third-order valence-electron chi connectivity index (χ3n) is 2.17. The molecular formula is C12H7ClFNO2S. The molecule has 2 rings (SSSR count). The van der Waals surface area contributed by atoms with E-state index in [1.54, 1.807) is 18.2 Å². The van der Waals surface area contributed by atoms with Crippen molar-refractivity contribution in [1.82, 2.24) is 0 Å². The Labute approximate surface area is 112 Å². The van der Waals surface area contributed by atoms with Crippen LogP contribution < -0.4 is 0 Å². The summed E-state index contributed by atoms with van der Waals surface area (Å²) in [6, 6.07) is 10.2. The highest BCUT2D eigenvalue weighted by atomic mass is 35.5. The van der Waals surface area contributed by atoms with Gasteiger partial charge in [0.2, 0.25) is 0 Å². The number of nitro benzene ring substituents is 1. The Morgan fingerprint density at radius 1 is 1.17 bits per heavy atom. The summed E-state index contributed by atoms with van der Waals surface area (Å²) in [6.07, 6.45) is 0. The number of nitro groups is 1. The van der Waals surface area contributed by atoms with Gasteiger partial charge in [-0.25, -0.2) is 4.39 Å². The lowest BCUT2D eigenvalue weighted by atomic mass is 10.3. The van der Waals surface area contributed by atoms with E-state index in [9.17, 15) is 14.5 Å². The summed E-state index contributed by atoms with van der Waals surface area (Å²) in [5.41, 5.74) is -0.0524. The fraction of sp³-hybridized carbons (Fsp3) is 0. The van der Waals surface area contributed by atoms with Gasteiger partial charge in [0.05, 0.1) is 9.95 Å². The number of halogens is 2. The molecule has 2 aromatic carbocycles. The van der Waals surface area contributed by atoms with Gasteiger partial charge in [0.25, 0.3) is 5.69 Å². The van der Waals surface area contributed by atoms with Gasteiger partial charge in [-0.3, -0.25) is 10.1 Å². The molecular weight excluding hydrogens is 277 g/mol. The minimum absolute atomic E-state index is 0.0524. The van der Waals surface area contributed by atoms with Gasteiger partial charge in [0.15, 0.2) is 0 Å². The summed E-state index contributed by atoms with van der Waals surface area (Å²) >= 11 is 7.28. The summed E-state index contributed by atoms with van der Waals surface area (Å²) in [4.78, 5) is 11.6. The summed E-state index contributed by atoms with van der Waals surface area (Å²) in [6.45, 7) is 0. The molecule has 0 aliphatic heterocycles. The van der Waals surface area contributed by atoms with E-state index in [0.717, 1.165) is 4.90 Å². The zero-order chi connectivity index (χ0) is 13.1. The third kappa shape index (κ3) is 3.00. The first-order valence-corrected chi connectivity index (χ1v) is 6.13. The Balaban J connectivity index is 2.24. The van der Waals surface area contributed by atoms with Crippen molar-refractivity contribution in [3.05, 3.63) is 63.4 Å². The zero-order valence-corrected chi connectivity index (χ0v) is 10.5. The van der Waals surface area contributed by atoms with E-state index < -0.39 is 4.92 Å². The standard InChI is InChI=1S/C12H7ClFNO2S/c13-11-7-9(15(16)17)3-6-12(11)18-10-4-1-8(14)2-5-10/h1-7H. The summed E-state index contributed by atoms with van der Waals surface area (Å²) in [5.74, 6) is -0.311. The Kier molecular flexibility index (Phi) is 3.84. The van der Waals surface area contributed by atoms with Crippen LogP contribution in [0.4, 0.5) is 10.1 Å². The van der Waals surface area contributed by atoms with Gasteiger partial charge in [-0.1, -0.05) is 23.4 Å². The maximum atomic E-state index is 12.7. The second-order valence-corrected chi connectivity index (χ2v) is 4.95. The molecule has 0 aliphatic rings. The molecule has 92 valence electrons. The van der Waals surface area contributed by atoms with E-state index in [1.165, 1.54) is 36.0 Å². The number of hydrogen-bond acceptors (Lipinski definition) is 3. The minimum Gasteiger partial charge on any atom is -0.258 e. The first-order valence-electron chi connectivity index (χ1n) is 4.93. The highest BCUT2D eigenvalue weighted by molar-refractivity contribution is 7.99. The highest BCUT2D eigenvalue weighted by Gasteiger charge is 2.10. The lowest BCUT2D eigenvalue weighted by molar-refractivity contribution is -0.384. The topological polar surface area (TPSA) is 43.1 Å². The van der Waals surface area contributed by atoms with Gasteiger partial charge in [-0.05, 0) is 30.3 Å².